The summed E-state index contributed by atoms with van der Waals surface area (Å²) in [5.74, 6) is 0.860. The van der Waals surface area contributed by atoms with Crippen molar-refractivity contribution in [3.8, 4) is 0 Å². The van der Waals surface area contributed by atoms with Crippen molar-refractivity contribution in [1.82, 2.24) is 14.7 Å². The lowest BCUT2D eigenvalue weighted by molar-refractivity contribution is -0.0125. The van der Waals surface area contributed by atoms with E-state index < -0.39 is 0 Å². The minimum absolute atomic E-state index is 0.504. The topological polar surface area (TPSA) is 49.8 Å². The van der Waals surface area contributed by atoms with Gasteiger partial charge in [-0.1, -0.05) is 53.0 Å². The van der Waals surface area contributed by atoms with Gasteiger partial charge in [0.1, 0.15) is 5.82 Å². The van der Waals surface area contributed by atoms with Gasteiger partial charge in [-0.3, -0.25) is 0 Å². The van der Waals surface area contributed by atoms with Gasteiger partial charge < -0.3 is 10.6 Å². The Kier molecular flexibility index (Phi) is 6.15. The van der Waals surface area contributed by atoms with Crippen LogP contribution < -0.4 is 10.6 Å². The standard InChI is InChI=1S/C23H23Cl3N4S/c24-16-4-1-14(2-5-16)8-21-29-22(31-30-21)28-18-11-23(12-18)9-17(10-23)27-13-15-3-6-19(25)20(26)7-15/h1-7,17-18,27H,8-13H2,(H,28,29,30). The second kappa shape index (κ2) is 8.87. The van der Waals surface area contributed by atoms with E-state index in [0.29, 0.717) is 27.5 Å². The van der Waals surface area contributed by atoms with Crippen LogP contribution in [0.2, 0.25) is 15.1 Å². The molecule has 8 heteroatoms. The smallest absolute Gasteiger partial charge is 0.202 e. The number of hydrogen-bond donors (Lipinski definition) is 2. The van der Waals surface area contributed by atoms with Gasteiger partial charge >= 0.3 is 0 Å². The van der Waals surface area contributed by atoms with Crippen molar-refractivity contribution in [2.24, 2.45) is 5.41 Å². The zero-order valence-corrected chi connectivity index (χ0v) is 20.0. The second-order valence-corrected chi connectivity index (χ2v) is 10.8. The molecule has 1 aromatic heterocycles. The fourth-order valence-corrected chi connectivity index (χ4v) is 5.92. The molecule has 0 radical (unpaired) electrons. The highest BCUT2D eigenvalue weighted by Crippen LogP contribution is 2.56. The van der Waals surface area contributed by atoms with Gasteiger partial charge in [-0.2, -0.15) is 4.37 Å². The van der Waals surface area contributed by atoms with Gasteiger partial charge in [0, 0.05) is 41.6 Å². The summed E-state index contributed by atoms with van der Waals surface area (Å²) in [7, 11) is 0. The number of nitrogens with zero attached hydrogens (tertiary/aromatic N) is 2. The molecule has 31 heavy (non-hydrogen) atoms. The van der Waals surface area contributed by atoms with E-state index in [1.54, 1.807) is 0 Å². The normalized spacial score (nSPS) is 24.6. The van der Waals surface area contributed by atoms with Gasteiger partial charge in [-0.15, -0.1) is 0 Å². The van der Waals surface area contributed by atoms with Crippen LogP contribution in [0.3, 0.4) is 0 Å². The number of aromatic nitrogens is 2. The first kappa shape index (κ1) is 21.5. The van der Waals surface area contributed by atoms with Gasteiger partial charge in [-0.05, 0) is 66.5 Å². The highest BCUT2D eigenvalue weighted by atomic mass is 35.5. The average molecular weight is 494 g/mol. The summed E-state index contributed by atoms with van der Waals surface area (Å²) in [6.45, 7) is 0.834. The first-order valence-electron chi connectivity index (χ1n) is 10.5. The van der Waals surface area contributed by atoms with Crippen molar-refractivity contribution in [1.29, 1.82) is 0 Å². The number of anilines is 1. The van der Waals surface area contributed by atoms with Crippen LogP contribution in [-0.2, 0) is 13.0 Å². The highest BCUT2D eigenvalue weighted by Gasteiger charge is 2.52. The summed E-state index contributed by atoms with van der Waals surface area (Å²) in [4.78, 5) is 4.66. The van der Waals surface area contributed by atoms with Gasteiger partial charge in [-0.25, -0.2) is 4.98 Å². The maximum absolute atomic E-state index is 6.10. The summed E-state index contributed by atoms with van der Waals surface area (Å²) in [6.07, 6.45) is 5.64. The molecule has 0 aliphatic heterocycles. The maximum atomic E-state index is 6.10. The summed E-state index contributed by atoms with van der Waals surface area (Å²) < 4.78 is 4.50. The molecule has 1 spiro atoms. The van der Waals surface area contributed by atoms with Gasteiger partial charge in [0.25, 0.3) is 0 Å². The Morgan fingerprint density at radius 1 is 0.903 bits per heavy atom. The van der Waals surface area contributed by atoms with Crippen LogP contribution >= 0.6 is 46.3 Å². The molecule has 4 nitrogen and oxygen atoms in total. The van der Waals surface area contributed by atoms with Crippen LogP contribution in [0.25, 0.3) is 0 Å². The van der Waals surface area contributed by atoms with Gasteiger partial charge in [0.05, 0.1) is 10.0 Å². The molecule has 0 saturated heterocycles. The van der Waals surface area contributed by atoms with Crippen LogP contribution in [0.15, 0.2) is 42.5 Å². The molecule has 2 aliphatic carbocycles. The van der Waals surface area contributed by atoms with Crippen LogP contribution in [0.4, 0.5) is 5.13 Å². The summed E-state index contributed by atoms with van der Waals surface area (Å²) in [6, 6.07) is 14.8. The number of rotatable bonds is 7. The molecule has 5 rings (SSSR count). The number of benzene rings is 2. The van der Waals surface area contributed by atoms with Gasteiger partial charge in [0.2, 0.25) is 5.13 Å². The number of halogens is 3. The van der Waals surface area contributed by atoms with E-state index in [9.17, 15) is 0 Å². The summed E-state index contributed by atoms with van der Waals surface area (Å²) >= 11 is 19.5. The lowest BCUT2D eigenvalue weighted by Crippen LogP contribution is -2.58. The first-order valence-corrected chi connectivity index (χ1v) is 12.4. The molecule has 2 N–H and O–H groups in total. The van der Waals surface area contributed by atoms with E-state index in [4.69, 9.17) is 34.8 Å². The predicted molar refractivity (Wildman–Crippen MR) is 130 cm³/mol. The van der Waals surface area contributed by atoms with E-state index in [0.717, 1.165) is 28.9 Å². The Balaban J connectivity index is 1.04. The maximum Gasteiger partial charge on any atom is 0.202 e. The molecule has 2 fully saturated rings. The molecule has 0 atom stereocenters. The molecular weight excluding hydrogens is 471 g/mol. The summed E-state index contributed by atoms with van der Waals surface area (Å²) in [5.41, 5.74) is 2.85. The van der Waals surface area contributed by atoms with Gasteiger partial charge in [0.15, 0.2) is 0 Å². The van der Waals surface area contributed by atoms with Crippen LogP contribution in [0.5, 0.6) is 0 Å². The Hall–Kier alpha value is -1.37. The minimum Gasteiger partial charge on any atom is -0.358 e. The van der Waals surface area contributed by atoms with Crippen molar-refractivity contribution in [3.05, 3.63) is 74.5 Å². The lowest BCUT2D eigenvalue weighted by Gasteiger charge is -2.58. The van der Waals surface area contributed by atoms with Crippen molar-refractivity contribution >= 4 is 51.5 Å². The predicted octanol–water partition coefficient (Wildman–Crippen LogP) is 6.60. The minimum atomic E-state index is 0.504. The third-order valence-electron chi connectivity index (χ3n) is 6.37. The lowest BCUT2D eigenvalue weighted by atomic mass is 9.52. The monoisotopic (exact) mass is 492 g/mol. The molecule has 2 aliphatic rings. The Morgan fingerprint density at radius 3 is 2.35 bits per heavy atom. The molecule has 1 heterocycles. The third-order valence-corrected chi connectivity index (χ3v) is 8.04. The molecule has 2 aromatic carbocycles. The van der Waals surface area contributed by atoms with Crippen molar-refractivity contribution < 1.29 is 0 Å². The van der Waals surface area contributed by atoms with Crippen molar-refractivity contribution in [3.63, 3.8) is 0 Å². The Labute approximate surface area is 201 Å². The average Bonchev–Trinajstić information content (AvgIpc) is 3.13. The Morgan fingerprint density at radius 2 is 1.61 bits per heavy atom. The van der Waals surface area contributed by atoms with Crippen LogP contribution in [0.1, 0.15) is 42.6 Å². The fourth-order valence-electron chi connectivity index (χ4n) is 4.81. The number of nitrogens with one attached hydrogen (secondary N) is 2. The van der Waals surface area contributed by atoms with E-state index in [2.05, 4.69) is 20.0 Å². The van der Waals surface area contributed by atoms with Crippen molar-refractivity contribution in [2.75, 3.05) is 5.32 Å². The van der Waals surface area contributed by atoms with Crippen molar-refractivity contribution in [2.45, 2.75) is 50.7 Å². The molecule has 0 unspecified atom stereocenters. The molecule has 0 amide bonds. The SMILES string of the molecule is Clc1ccc(Cc2nsc(NC3CC4(CC(NCc5ccc(Cl)c(Cl)c5)C4)C3)n2)cc1. The molecule has 3 aromatic rings. The molecule has 2 saturated carbocycles. The first-order chi connectivity index (χ1) is 15.0. The molecular formula is C23H23Cl3N4S. The highest BCUT2D eigenvalue weighted by molar-refractivity contribution is 7.09. The second-order valence-electron chi connectivity index (χ2n) is 8.80. The fraction of sp³-hybridized carbons (Fsp3) is 0.391. The zero-order chi connectivity index (χ0) is 21.4. The Bertz CT molecular complexity index is 1050. The van der Waals surface area contributed by atoms with E-state index in [1.165, 1.54) is 48.3 Å². The quantitative estimate of drug-likeness (QED) is 0.389. The van der Waals surface area contributed by atoms with Crippen LogP contribution in [0, 0.1) is 5.41 Å². The molecule has 0 bridgehead atoms. The zero-order valence-electron chi connectivity index (χ0n) is 16.9. The van der Waals surface area contributed by atoms with E-state index in [-0.39, 0.29) is 0 Å². The largest absolute Gasteiger partial charge is 0.358 e. The van der Waals surface area contributed by atoms with E-state index >= 15 is 0 Å². The summed E-state index contributed by atoms with van der Waals surface area (Å²) in [5, 5.41) is 10.1. The van der Waals surface area contributed by atoms with E-state index in [1.807, 2.05) is 42.5 Å². The molecule has 162 valence electrons. The van der Waals surface area contributed by atoms with Crippen LogP contribution in [-0.4, -0.2) is 21.4 Å². The number of hydrogen-bond acceptors (Lipinski definition) is 5. The third kappa shape index (κ3) is 5.01.